The Morgan fingerprint density at radius 2 is 1.87 bits per heavy atom. The van der Waals surface area contributed by atoms with E-state index < -0.39 is 5.62 Å². The number of hydrogen-bond acceptors (Lipinski definition) is 3. The van der Waals surface area contributed by atoms with Gasteiger partial charge in [-0.05, 0) is 23.2 Å². The van der Waals surface area contributed by atoms with Crippen LogP contribution < -0.4 is 17.7 Å². The topological polar surface area (TPSA) is 35.5 Å². The molecule has 8 heteroatoms. The Morgan fingerprint density at radius 1 is 1.27 bits per heavy atom. The van der Waals surface area contributed by atoms with Crippen molar-refractivity contribution in [3.8, 4) is 0 Å². The van der Waals surface area contributed by atoms with E-state index in [9.17, 15) is 0 Å². The van der Waals surface area contributed by atoms with Gasteiger partial charge in [-0.2, -0.15) is 0 Å². The third-order valence-electron chi connectivity index (χ3n) is 2.33. The third-order valence-corrected chi connectivity index (χ3v) is 3.44. The van der Waals surface area contributed by atoms with Gasteiger partial charge < -0.3 is 17.3 Å². The van der Waals surface area contributed by atoms with Gasteiger partial charge in [0.05, 0.1) is 0 Å². The molecule has 86 valence electrons. The lowest BCUT2D eigenvalue weighted by Gasteiger charge is -2.29. The minimum absolute atomic E-state index is 0. The standard InChI is InChI=1S/C7H9Cl3N4.ClH/c1-13-3-4(8)11-6(9)14(2)5(3)12-7(13)10;/h6-7,11H,1-2H3;1H. The van der Waals surface area contributed by atoms with Crippen LogP contribution in [0.4, 0.5) is 0 Å². The molecule has 0 aromatic carbocycles. The highest BCUT2D eigenvalue weighted by Crippen LogP contribution is 2.27. The van der Waals surface area contributed by atoms with Gasteiger partial charge in [-0.15, -0.1) is 0 Å². The molecule has 2 heterocycles. The van der Waals surface area contributed by atoms with Crippen LogP contribution in [0.2, 0.25) is 0 Å². The molecule has 0 spiro atoms. The van der Waals surface area contributed by atoms with Crippen LogP contribution in [0.3, 0.4) is 0 Å². The molecule has 4 nitrogen and oxygen atoms in total. The summed E-state index contributed by atoms with van der Waals surface area (Å²) in [6, 6.07) is 0. The lowest BCUT2D eigenvalue weighted by molar-refractivity contribution is -0.633. The lowest BCUT2D eigenvalue weighted by Crippen LogP contribution is -3.00. The highest BCUT2D eigenvalue weighted by Gasteiger charge is 2.40. The van der Waals surface area contributed by atoms with Crippen LogP contribution in [-0.4, -0.2) is 41.0 Å². The Hall–Kier alpha value is 0.130. The molecule has 0 aromatic rings. The number of nitrogens with zero attached hydrogens (tertiary/aromatic N) is 3. The first-order valence-corrected chi connectivity index (χ1v) is 5.34. The van der Waals surface area contributed by atoms with Crippen molar-refractivity contribution in [3.05, 3.63) is 10.9 Å². The highest BCUT2D eigenvalue weighted by atomic mass is 35.5. The van der Waals surface area contributed by atoms with Gasteiger partial charge in [0.15, 0.2) is 17.2 Å². The van der Waals surface area contributed by atoms with Crippen molar-refractivity contribution < 1.29 is 17.7 Å². The first-order chi connectivity index (χ1) is 6.52. The second-order valence-electron chi connectivity index (χ2n) is 3.22. The number of fused-ring (bicyclic) bond motifs is 1. The average molecular weight is 292 g/mol. The number of aliphatic imine (C=N–C) groups is 1. The number of rotatable bonds is 0. The van der Waals surface area contributed by atoms with E-state index in [1.807, 2.05) is 23.9 Å². The predicted molar refractivity (Wildman–Crippen MR) is 57.0 cm³/mol. The number of likely N-dealkylation sites (N-methyl/N-ethyl adjacent to an activating group) is 2. The first kappa shape index (κ1) is 13.2. The fourth-order valence-corrected chi connectivity index (χ4v) is 2.28. The maximum atomic E-state index is 6.07. The number of quaternary nitrogens is 1. The number of hydrogen-bond donors (Lipinski definition) is 1. The molecule has 0 fully saturated rings. The summed E-state index contributed by atoms with van der Waals surface area (Å²) in [6.45, 7) is 0. The molecule has 15 heavy (non-hydrogen) atoms. The molecule has 2 unspecified atom stereocenters. The molecule has 0 saturated heterocycles. The van der Waals surface area contributed by atoms with Gasteiger partial charge in [-0.3, -0.25) is 10.2 Å². The summed E-state index contributed by atoms with van der Waals surface area (Å²) in [4.78, 5) is 7.91. The normalized spacial score (nSPS) is 30.1. The van der Waals surface area contributed by atoms with Crippen molar-refractivity contribution in [1.29, 1.82) is 0 Å². The van der Waals surface area contributed by atoms with E-state index >= 15 is 0 Å². The Balaban J connectivity index is 0.00000112. The Kier molecular flexibility index (Phi) is 4.01. The monoisotopic (exact) mass is 290 g/mol. The van der Waals surface area contributed by atoms with Gasteiger partial charge in [0.2, 0.25) is 10.8 Å². The van der Waals surface area contributed by atoms with Crippen LogP contribution in [-0.2, 0) is 0 Å². The summed E-state index contributed by atoms with van der Waals surface area (Å²) in [5, 5.41) is 2.37. The van der Waals surface area contributed by atoms with Crippen molar-refractivity contribution in [3.63, 3.8) is 0 Å². The molecule has 0 saturated carbocycles. The SMILES string of the molecule is CN1C2=C(Cl)[NH2+]C(Cl)N(C)C2=NC1Cl.[Cl-]. The molecule has 2 N–H and O–H groups in total. The van der Waals surface area contributed by atoms with Crippen LogP contribution in [0.1, 0.15) is 0 Å². The summed E-state index contributed by atoms with van der Waals surface area (Å²) < 4.78 is 0. The number of alkyl halides is 2. The predicted octanol–water partition coefficient (Wildman–Crippen LogP) is -2.70. The van der Waals surface area contributed by atoms with Crippen LogP contribution >= 0.6 is 34.8 Å². The fraction of sp³-hybridized carbons (Fsp3) is 0.571. The number of nitrogens with two attached hydrogens (primary N) is 1. The minimum atomic E-state index is -0.397. The van der Waals surface area contributed by atoms with Crippen molar-refractivity contribution in [2.45, 2.75) is 11.2 Å². The highest BCUT2D eigenvalue weighted by molar-refractivity contribution is 6.32. The summed E-state index contributed by atoms with van der Waals surface area (Å²) in [5.74, 6) is 0.750. The largest absolute Gasteiger partial charge is 1.00 e. The van der Waals surface area contributed by atoms with Gasteiger partial charge in [0.1, 0.15) is 0 Å². The summed E-state index contributed by atoms with van der Waals surface area (Å²) in [7, 11) is 3.71. The first-order valence-electron chi connectivity index (χ1n) is 4.09. The van der Waals surface area contributed by atoms with E-state index in [1.165, 1.54) is 0 Å². The van der Waals surface area contributed by atoms with Gasteiger partial charge in [0, 0.05) is 14.1 Å². The van der Waals surface area contributed by atoms with E-state index in [1.54, 1.807) is 5.32 Å². The molecular formula is C7H10Cl4N4. The Labute approximate surface area is 109 Å². The summed E-state index contributed by atoms with van der Waals surface area (Å²) in [6.07, 6.45) is 0. The van der Waals surface area contributed by atoms with Crippen LogP contribution in [0.5, 0.6) is 0 Å². The van der Waals surface area contributed by atoms with Crippen molar-refractivity contribution in [1.82, 2.24) is 9.80 Å². The molecule has 0 aromatic heterocycles. The van der Waals surface area contributed by atoms with Crippen molar-refractivity contribution in [2.24, 2.45) is 4.99 Å². The van der Waals surface area contributed by atoms with Gasteiger partial charge >= 0.3 is 0 Å². The zero-order valence-corrected chi connectivity index (χ0v) is 11.1. The Morgan fingerprint density at radius 3 is 2.47 bits per heavy atom. The number of amidine groups is 1. The molecular weight excluding hydrogens is 282 g/mol. The van der Waals surface area contributed by atoms with E-state index in [-0.39, 0.29) is 18.0 Å². The lowest BCUT2D eigenvalue weighted by atomic mass is 10.3. The van der Waals surface area contributed by atoms with Crippen molar-refractivity contribution in [2.75, 3.05) is 14.1 Å². The second-order valence-corrected chi connectivity index (χ2v) is 4.47. The molecule has 0 amide bonds. The van der Waals surface area contributed by atoms with Gasteiger partial charge in [0.25, 0.3) is 0 Å². The molecule has 2 aliphatic heterocycles. The molecule has 0 radical (unpaired) electrons. The Bertz CT molecular complexity index is 329. The maximum Gasteiger partial charge on any atom is 0.246 e. The van der Waals surface area contributed by atoms with E-state index in [0.29, 0.717) is 5.16 Å². The van der Waals surface area contributed by atoms with E-state index in [2.05, 4.69) is 4.99 Å². The zero-order chi connectivity index (χ0) is 10.5. The van der Waals surface area contributed by atoms with E-state index in [0.717, 1.165) is 11.5 Å². The van der Waals surface area contributed by atoms with Crippen molar-refractivity contribution >= 4 is 40.6 Å². The quantitative estimate of drug-likeness (QED) is 0.389. The molecule has 0 bridgehead atoms. The van der Waals surface area contributed by atoms with Crippen LogP contribution in [0.25, 0.3) is 0 Å². The van der Waals surface area contributed by atoms with Gasteiger partial charge in [-0.1, -0.05) is 11.6 Å². The molecule has 2 aliphatic rings. The summed E-state index contributed by atoms with van der Waals surface area (Å²) >= 11 is 18.1. The van der Waals surface area contributed by atoms with Crippen LogP contribution in [0.15, 0.2) is 15.8 Å². The molecule has 2 atom stereocenters. The fourth-order valence-electron chi connectivity index (χ4n) is 1.47. The van der Waals surface area contributed by atoms with Gasteiger partial charge in [-0.25, -0.2) is 4.99 Å². The smallest absolute Gasteiger partial charge is 0.246 e. The molecule has 2 rings (SSSR count). The minimum Gasteiger partial charge on any atom is -1.00 e. The number of halogens is 4. The second kappa shape index (κ2) is 4.55. The average Bonchev–Trinajstić information content (AvgIpc) is 2.40. The summed E-state index contributed by atoms with van der Waals surface area (Å²) in [5.41, 5.74) is 0.179. The van der Waals surface area contributed by atoms with E-state index in [4.69, 9.17) is 34.8 Å². The third kappa shape index (κ3) is 2.01. The maximum absolute atomic E-state index is 6.07. The molecule has 0 aliphatic carbocycles. The van der Waals surface area contributed by atoms with Crippen LogP contribution in [0, 0.1) is 0 Å². The zero-order valence-electron chi connectivity index (χ0n) is 8.09.